The van der Waals surface area contributed by atoms with Gasteiger partial charge >= 0.3 is 5.97 Å². The number of ether oxygens (including phenoxy) is 2. The third-order valence-electron chi connectivity index (χ3n) is 11.9. The standard InChI is InChI=1S/C38H46N2O9/c1-19-10-8-14-24-31(43)21(3)20(2)29-25(18-22-12-6-5-7-13-22)40-36(47)38(24,29)49-27(42)17-16-23-28(26(41)15-9-11-19)33(48-4)30-32(44)34(45)37(23,30)35(39)46/h5-8,12-14,16-17,19-20,24-25,29-34,43-45H,3,9-11,15,18H2,1-2,4H3,(H2,39,46)(H,40,47)/b14-8+,17-16+/t19-,20-,24-,25-,29-,30-,31+,32+,33-,34+,37-,38+/m0/s1. The maximum atomic E-state index is 14.3. The van der Waals surface area contributed by atoms with Gasteiger partial charge in [0.2, 0.25) is 11.5 Å². The predicted molar refractivity (Wildman–Crippen MR) is 178 cm³/mol. The number of primary amides is 1. The summed E-state index contributed by atoms with van der Waals surface area (Å²) in [6.45, 7) is 8.11. The van der Waals surface area contributed by atoms with Crippen LogP contribution in [0.5, 0.6) is 0 Å². The van der Waals surface area contributed by atoms with E-state index in [9.17, 15) is 34.5 Å². The lowest BCUT2D eigenvalue weighted by Gasteiger charge is -2.53. The van der Waals surface area contributed by atoms with E-state index in [1.807, 2.05) is 50.3 Å². The molecule has 0 aromatic heterocycles. The Hall–Kier alpha value is -3.90. The van der Waals surface area contributed by atoms with Crippen LogP contribution in [-0.4, -0.2) is 82.1 Å². The molecule has 2 heterocycles. The number of nitrogens with two attached hydrogens (primary N) is 1. The molecule has 11 nitrogen and oxygen atoms in total. The van der Waals surface area contributed by atoms with Crippen molar-refractivity contribution in [3.63, 3.8) is 0 Å². The first-order chi connectivity index (χ1) is 23.3. The van der Waals surface area contributed by atoms with Crippen LogP contribution in [0, 0.1) is 35.0 Å². The summed E-state index contributed by atoms with van der Waals surface area (Å²) in [5, 5.41) is 36.5. The second kappa shape index (κ2) is 13.1. The number of hydrogen-bond donors (Lipinski definition) is 5. The Morgan fingerprint density at radius 1 is 1.10 bits per heavy atom. The van der Waals surface area contributed by atoms with Gasteiger partial charge in [0.25, 0.3) is 5.91 Å². The number of benzene rings is 1. The summed E-state index contributed by atoms with van der Waals surface area (Å²) in [4.78, 5) is 55.2. The van der Waals surface area contributed by atoms with E-state index in [1.165, 1.54) is 13.2 Å². The van der Waals surface area contributed by atoms with Crippen LogP contribution < -0.4 is 11.1 Å². The Labute approximate surface area is 285 Å². The summed E-state index contributed by atoms with van der Waals surface area (Å²) >= 11 is 0. The summed E-state index contributed by atoms with van der Waals surface area (Å²) in [6, 6.07) is 9.17. The molecule has 11 heteroatoms. The molecule has 1 aromatic carbocycles. The van der Waals surface area contributed by atoms with E-state index in [-0.39, 0.29) is 29.3 Å². The van der Waals surface area contributed by atoms with Gasteiger partial charge in [0.1, 0.15) is 5.41 Å². The van der Waals surface area contributed by atoms with Gasteiger partial charge in [-0.05, 0) is 54.2 Å². The number of allylic oxidation sites excluding steroid dienone is 2. The first-order valence-corrected chi connectivity index (χ1v) is 17.1. The molecule has 6 rings (SSSR count). The molecule has 3 aliphatic carbocycles. The van der Waals surface area contributed by atoms with Gasteiger partial charge in [-0.2, -0.15) is 0 Å². The van der Waals surface area contributed by atoms with Gasteiger partial charge in [0.05, 0.1) is 30.3 Å². The number of Topliss-reactive ketones (excluding diaryl/α,β-unsaturated/α-hetero) is 1. The van der Waals surface area contributed by atoms with Crippen LogP contribution >= 0.6 is 0 Å². The SMILES string of the molecule is C=C1[C@@H](O)[C@@H]2/C=C/C[C@H](C)CCCC(=O)C3=C(/C=C/C(=O)O[C@]24C(=O)N[C@@H](Cc2ccccc2)[C@@H]4[C@H]1C)[C@]1(C(N)=O)[C@@H]([C@@H](O)[C@H]1O)[C@H]3OC. The van der Waals surface area contributed by atoms with Crippen molar-refractivity contribution < 1.29 is 44.0 Å². The lowest BCUT2D eigenvalue weighted by atomic mass is 9.54. The highest BCUT2D eigenvalue weighted by Gasteiger charge is 2.74. The van der Waals surface area contributed by atoms with Gasteiger partial charge in [0, 0.05) is 43.1 Å². The van der Waals surface area contributed by atoms with Crippen molar-refractivity contribution in [2.45, 2.75) is 82.0 Å². The van der Waals surface area contributed by atoms with Gasteiger partial charge in [0.15, 0.2) is 5.78 Å². The molecule has 3 fully saturated rings. The number of amides is 2. The zero-order valence-electron chi connectivity index (χ0n) is 28.1. The van der Waals surface area contributed by atoms with E-state index >= 15 is 0 Å². The van der Waals surface area contributed by atoms with Crippen molar-refractivity contribution in [3.8, 4) is 0 Å². The van der Waals surface area contributed by atoms with Crippen LogP contribution in [0.2, 0.25) is 0 Å². The van der Waals surface area contributed by atoms with Crippen LogP contribution in [-0.2, 0) is 35.1 Å². The normalized spacial score (nSPS) is 42.2. The number of carbonyl (C=O) groups excluding carboxylic acids is 4. The Bertz CT molecular complexity index is 1630. The second-order valence-electron chi connectivity index (χ2n) is 14.4. The van der Waals surface area contributed by atoms with Crippen molar-refractivity contribution in [3.05, 3.63) is 83.5 Å². The number of rotatable bonds is 4. The molecule has 2 aliphatic heterocycles. The molecule has 1 aromatic rings. The summed E-state index contributed by atoms with van der Waals surface area (Å²) < 4.78 is 11.9. The van der Waals surface area contributed by atoms with Gasteiger partial charge < -0.3 is 35.8 Å². The van der Waals surface area contributed by atoms with E-state index < -0.39 is 82.9 Å². The van der Waals surface area contributed by atoms with E-state index in [1.54, 1.807) is 6.08 Å². The van der Waals surface area contributed by atoms with Crippen LogP contribution in [0.25, 0.3) is 0 Å². The molecular weight excluding hydrogens is 628 g/mol. The van der Waals surface area contributed by atoms with Gasteiger partial charge in [-0.15, -0.1) is 0 Å². The first-order valence-electron chi connectivity index (χ1n) is 17.1. The number of aliphatic hydroxyl groups is 3. The summed E-state index contributed by atoms with van der Waals surface area (Å²) in [5.74, 6) is -5.73. The minimum Gasteiger partial charge on any atom is -0.445 e. The van der Waals surface area contributed by atoms with Crippen molar-refractivity contribution in [2.24, 2.45) is 40.7 Å². The molecule has 1 saturated heterocycles. The lowest BCUT2D eigenvalue weighted by molar-refractivity contribution is -0.213. The molecule has 262 valence electrons. The molecule has 6 N–H and O–H groups in total. The molecule has 1 spiro atoms. The van der Waals surface area contributed by atoms with E-state index in [0.717, 1.165) is 11.6 Å². The molecule has 0 unspecified atom stereocenters. The van der Waals surface area contributed by atoms with Crippen LogP contribution in [0.1, 0.15) is 45.1 Å². The molecular formula is C38H46N2O9. The van der Waals surface area contributed by atoms with Gasteiger partial charge in [-0.1, -0.05) is 69.0 Å². The molecule has 2 amide bonds. The average molecular weight is 675 g/mol. The monoisotopic (exact) mass is 674 g/mol. The highest BCUT2D eigenvalue weighted by molar-refractivity contribution is 6.03. The summed E-state index contributed by atoms with van der Waals surface area (Å²) in [7, 11) is 1.34. The smallest absolute Gasteiger partial charge is 0.331 e. The molecule has 5 aliphatic rings. The zero-order chi connectivity index (χ0) is 35.4. The number of methoxy groups -OCH3 is 1. The van der Waals surface area contributed by atoms with Crippen molar-refractivity contribution >= 4 is 23.6 Å². The third-order valence-corrected chi connectivity index (χ3v) is 11.9. The van der Waals surface area contributed by atoms with Crippen LogP contribution in [0.4, 0.5) is 0 Å². The first kappa shape index (κ1) is 34.9. The molecule has 49 heavy (non-hydrogen) atoms. The summed E-state index contributed by atoms with van der Waals surface area (Å²) in [5.41, 5.74) is 3.75. The van der Waals surface area contributed by atoms with E-state index in [4.69, 9.17) is 15.2 Å². The minimum absolute atomic E-state index is 0.00880. The number of fused-ring (bicyclic) bond motifs is 2. The largest absolute Gasteiger partial charge is 0.445 e. The molecule has 0 radical (unpaired) electrons. The topological polar surface area (TPSA) is 185 Å². The number of ketones is 1. The fourth-order valence-corrected chi connectivity index (χ4v) is 9.40. The summed E-state index contributed by atoms with van der Waals surface area (Å²) in [6.07, 6.45) is 2.89. The van der Waals surface area contributed by atoms with Gasteiger partial charge in [-0.25, -0.2) is 4.79 Å². The Morgan fingerprint density at radius 2 is 1.82 bits per heavy atom. The molecule has 0 bridgehead atoms. The molecule has 12 atom stereocenters. The Morgan fingerprint density at radius 3 is 2.49 bits per heavy atom. The Kier molecular flexibility index (Phi) is 9.34. The maximum absolute atomic E-state index is 14.3. The third kappa shape index (κ3) is 5.24. The van der Waals surface area contributed by atoms with E-state index in [2.05, 4.69) is 11.9 Å². The fraction of sp³-hybridized carbons (Fsp3) is 0.526. The zero-order valence-corrected chi connectivity index (χ0v) is 28.1. The highest BCUT2D eigenvalue weighted by Crippen LogP contribution is 2.61. The van der Waals surface area contributed by atoms with Crippen molar-refractivity contribution in [2.75, 3.05) is 7.11 Å². The maximum Gasteiger partial charge on any atom is 0.331 e. The highest BCUT2D eigenvalue weighted by atomic mass is 16.6. The minimum atomic E-state index is -1.88. The molecule has 2 saturated carbocycles. The van der Waals surface area contributed by atoms with Crippen molar-refractivity contribution in [1.82, 2.24) is 5.32 Å². The lowest BCUT2D eigenvalue weighted by Crippen LogP contribution is -2.70. The van der Waals surface area contributed by atoms with Crippen LogP contribution in [0.3, 0.4) is 0 Å². The quantitative estimate of drug-likeness (QED) is 0.235. The Balaban J connectivity index is 1.48. The number of nitrogens with one attached hydrogen (secondary N) is 1. The number of esters is 1. The number of hydrogen-bond acceptors (Lipinski definition) is 9. The van der Waals surface area contributed by atoms with Crippen molar-refractivity contribution in [1.29, 1.82) is 0 Å². The van der Waals surface area contributed by atoms with E-state index in [0.29, 0.717) is 31.3 Å². The number of carbonyl (C=O) groups is 4. The average Bonchev–Trinajstić information content (AvgIpc) is 3.50. The second-order valence-corrected chi connectivity index (χ2v) is 14.4. The fourth-order valence-electron chi connectivity index (χ4n) is 9.40. The van der Waals surface area contributed by atoms with Gasteiger partial charge in [-0.3, -0.25) is 14.4 Å². The predicted octanol–water partition coefficient (Wildman–Crippen LogP) is 1.85. The number of aliphatic hydroxyl groups excluding tert-OH is 3. The van der Waals surface area contributed by atoms with Crippen LogP contribution in [0.15, 0.2) is 77.9 Å².